The Bertz CT molecular complexity index is 613. The molecule has 0 atom stereocenters. The van der Waals surface area contributed by atoms with E-state index in [2.05, 4.69) is 26.2 Å². The van der Waals surface area contributed by atoms with Gasteiger partial charge in [0.05, 0.1) is 27.6 Å². The molecule has 2 heterocycles. The second kappa shape index (κ2) is 5.30. The number of furan rings is 1. The van der Waals surface area contributed by atoms with Gasteiger partial charge in [-0.25, -0.2) is 4.98 Å². The van der Waals surface area contributed by atoms with E-state index in [9.17, 15) is 4.79 Å². The molecule has 2 aromatic rings. The van der Waals surface area contributed by atoms with Crippen LogP contribution in [-0.4, -0.2) is 10.9 Å². The first-order chi connectivity index (χ1) is 8.49. The smallest absolute Gasteiger partial charge is 0.261 e. The number of pyridine rings is 1. The number of rotatable bonds is 2. The summed E-state index contributed by atoms with van der Waals surface area (Å²) in [5, 5.41) is 3.31. The van der Waals surface area contributed by atoms with Crippen LogP contribution in [0.3, 0.4) is 0 Å². The third kappa shape index (κ3) is 2.68. The van der Waals surface area contributed by atoms with Crippen molar-refractivity contribution in [3.8, 4) is 0 Å². The van der Waals surface area contributed by atoms with Gasteiger partial charge in [0.15, 0.2) is 10.5 Å². The zero-order valence-corrected chi connectivity index (χ0v) is 12.2. The summed E-state index contributed by atoms with van der Waals surface area (Å²) in [5.41, 5.74) is 0.947. The molecule has 0 unspecified atom stereocenters. The molecule has 1 amide bonds. The Morgan fingerprint density at radius 2 is 2.17 bits per heavy atom. The van der Waals surface area contributed by atoms with Gasteiger partial charge in [-0.05, 0) is 35.0 Å². The zero-order valence-electron chi connectivity index (χ0n) is 9.13. The van der Waals surface area contributed by atoms with E-state index in [1.54, 1.807) is 6.92 Å². The molecule has 1 N–H and O–H groups in total. The molecule has 4 nitrogen and oxygen atoms in total. The minimum absolute atomic E-state index is 0.261. The Morgan fingerprint density at radius 1 is 1.44 bits per heavy atom. The highest BCUT2D eigenvalue weighted by Crippen LogP contribution is 2.26. The normalized spacial score (nSPS) is 10.4. The van der Waals surface area contributed by atoms with E-state index in [4.69, 9.17) is 27.6 Å². The molecule has 0 fully saturated rings. The number of nitrogens with zero attached hydrogens (tertiary/aromatic N) is 1. The van der Waals surface area contributed by atoms with Crippen molar-refractivity contribution in [2.75, 3.05) is 5.32 Å². The van der Waals surface area contributed by atoms with Crippen LogP contribution in [0.15, 0.2) is 27.5 Å². The fourth-order valence-electron chi connectivity index (χ4n) is 1.28. The Morgan fingerprint density at radius 3 is 2.78 bits per heavy atom. The highest BCUT2D eigenvalue weighted by molar-refractivity contribution is 9.10. The number of carbonyl (C=O) groups is 1. The second-order valence-electron chi connectivity index (χ2n) is 3.45. The molecule has 0 saturated carbocycles. The summed E-state index contributed by atoms with van der Waals surface area (Å²) in [7, 11) is 0. The van der Waals surface area contributed by atoms with Gasteiger partial charge in [-0.15, -0.1) is 0 Å². The number of aryl methyl sites for hydroxylation is 1. The maximum Gasteiger partial charge on any atom is 0.261 e. The highest BCUT2D eigenvalue weighted by Gasteiger charge is 2.15. The maximum absolute atomic E-state index is 11.9. The van der Waals surface area contributed by atoms with Crippen LogP contribution >= 0.6 is 39.1 Å². The molecule has 0 aliphatic rings. The predicted molar refractivity (Wildman–Crippen MR) is 73.4 cm³/mol. The first-order valence-electron chi connectivity index (χ1n) is 4.86. The minimum atomic E-state index is -0.369. The van der Waals surface area contributed by atoms with Crippen LogP contribution in [0, 0.1) is 6.92 Å². The van der Waals surface area contributed by atoms with Crippen LogP contribution in [-0.2, 0) is 0 Å². The molecule has 0 radical (unpaired) electrons. The number of nitrogens with one attached hydrogen (secondary N) is 1. The van der Waals surface area contributed by atoms with Crippen molar-refractivity contribution in [2.45, 2.75) is 6.92 Å². The molecule has 2 rings (SSSR count). The van der Waals surface area contributed by atoms with Gasteiger partial charge in [0.1, 0.15) is 0 Å². The summed E-state index contributed by atoms with van der Waals surface area (Å²) in [6.07, 6.45) is 1.40. The zero-order chi connectivity index (χ0) is 13.3. The maximum atomic E-state index is 11.9. The number of carbonyl (C=O) groups excluding carboxylic acids is 1. The molecule has 0 bridgehead atoms. The van der Waals surface area contributed by atoms with Crippen LogP contribution in [0.25, 0.3) is 0 Å². The van der Waals surface area contributed by atoms with E-state index in [0.717, 1.165) is 0 Å². The SMILES string of the molecule is Cc1nc(NC(=O)c2ccoc2Br)c(Cl)cc1Cl. The third-order valence-corrected chi connectivity index (χ3v) is 3.48. The van der Waals surface area contributed by atoms with Gasteiger partial charge in [-0.3, -0.25) is 4.79 Å². The van der Waals surface area contributed by atoms with E-state index >= 15 is 0 Å². The van der Waals surface area contributed by atoms with Gasteiger partial charge in [-0.2, -0.15) is 0 Å². The molecular formula is C11H7BrCl2N2O2. The standard InChI is InChI=1S/C11H7BrCl2N2O2/c1-5-7(13)4-8(14)10(15-5)16-11(17)6-2-3-18-9(6)12/h2-4H,1H3,(H,15,16,17). The Kier molecular flexibility index (Phi) is 3.94. The molecule has 2 aromatic heterocycles. The Balaban J connectivity index is 2.28. The number of halogens is 3. The van der Waals surface area contributed by atoms with Crippen molar-refractivity contribution in [1.82, 2.24) is 4.98 Å². The lowest BCUT2D eigenvalue weighted by molar-refractivity contribution is 0.102. The second-order valence-corrected chi connectivity index (χ2v) is 4.98. The summed E-state index contributed by atoms with van der Waals surface area (Å²) in [6.45, 7) is 1.72. The summed E-state index contributed by atoms with van der Waals surface area (Å²) in [5.74, 6) is -0.108. The lowest BCUT2D eigenvalue weighted by atomic mass is 10.3. The molecule has 0 aliphatic heterocycles. The van der Waals surface area contributed by atoms with Gasteiger partial charge >= 0.3 is 0 Å². The lowest BCUT2D eigenvalue weighted by Crippen LogP contribution is -2.13. The van der Waals surface area contributed by atoms with E-state index in [1.807, 2.05) is 0 Å². The monoisotopic (exact) mass is 348 g/mol. The topological polar surface area (TPSA) is 55.1 Å². The van der Waals surface area contributed by atoms with E-state index < -0.39 is 0 Å². The van der Waals surface area contributed by atoms with Gasteiger partial charge in [0.25, 0.3) is 5.91 Å². The summed E-state index contributed by atoms with van der Waals surface area (Å²) < 4.78 is 5.33. The van der Waals surface area contributed by atoms with Crippen molar-refractivity contribution in [3.63, 3.8) is 0 Å². The Labute approximate surface area is 121 Å². The molecule has 0 spiro atoms. The first kappa shape index (κ1) is 13.4. The first-order valence-corrected chi connectivity index (χ1v) is 6.41. The summed E-state index contributed by atoms with van der Waals surface area (Å²) in [4.78, 5) is 16.0. The van der Waals surface area contributed by atoms with Gasteiger partial charge in [-0.1, -0.05) is 23.2 Å². The van der Waals surface area contributed by atoms with Crippen LogP contribution in [0.2, 0.25) is 10.0 Å². The highest BCUT2D eigenvalue weighted by atomic mass is 79.9. The van der Waals surface area contributed by atoms with Crippen molar-refractivity contribution < 1.29 is 9.21 Å². The molecule has 18 heavy (non-hydrogen) atoms. The fraction of sp³-hybridized carbons (Fsp3) is 0.0909. The van der Waals surface area contributed by atoms with Crippen LogP contribution < -0.4 is 5.32 Å². The summed E-state index contributed by atoms with van der Waals surface area (Å²) in [6, 6.07) is 3.07. The van der Waals surface area contributed by atoms with Crippen molar-refractivity contribution >= 4 is 50.9 Å². The van der Waals surface area contributed by atoms with E-state index in [1.165, 1.54) is 18.4 Å². The van der Waals surface area contributed by atoms with E-state index in [0.29, 0.717) is 20.9 Å². The molecule has 0 aromatic carbocycles. The van der Waals surface area contributed by atoms with Gasteiger partial charge in [0, 0.05) is 0 Å². The lowest BCUT2D eigenvalue weighted by Gasteiger charge is -2.07. The number of hydrogen-bond acceptors (Lipinski definition) is 3. The van der Waals surface area contributed by atoms with Crippen LogP contribution in [0.4, 0.5) is 5.82 Å². The average molecular weight is 350 g/mol. The van der Waals surface area contributed by atoms with Crippen LogP contribution in [0.5, 0.6) is 0 Å². The largest absolute Gasteiger partial charge is 0.457 e. The van der Waals surface area contributed by atoms with E-state index in [-0.39, 0.29) is 16.7 Å². The van der Waals surface area contributed by atoms with Crippen molar-refractivity contribution in [3.05, 3.63) is 44.4 Å². The molecular weight excluding hydrogens is 343 g/mol. The average Bonchev–Trinajstić information content (AvgIpc) is 2.72. The molecule has 94 valence electrons. The van der Waals surface area contributed by atoms with Gasteiger partial charge in [0.2, 0.25) is 0 Å². The molecule has 0 aliphatic carbocycles. The van der Waals surface area contributed by atoms with Crippen LogP contribution in [0.1, 0.15) is 16.1 Å². The summed E-state index contributed by atoms with van der Waals surface area (Å²) >= 11 is 14.9. The van der Waals surface area contributed by atoms with Crippen molar-refractivity contribution in [1.29, 1.82) is 0 Å². The number of amides is 1. The Hall–Kier alpha value is -1.04. The number of hydrogen-bond donors (Lipinski definition) is 1. The van der Waals surface area contributed by atoms with Gasteiger partial charge < -0.3 is 9.73 Å². The third-order valence-electron chi connectivity index (χ3n) is 2.20. The molecule has 7 heteroatoms. The number of aromatic nitrogens is 1. The minimum Gasteiger partial charge on any atom is -0.457 e. The fourth-order valence-corrected chi connectivity index (χ4v) is 2.10. The quantitative estimate of drug-likeness (QED) is 0.879. The number of anilines is 1. The van der Waals surface area contributed by atoms with Crippen molar-refractivity contribution in [2.24, 2.45) is 0 Å². The molecule has 0 saturated heterocycles. The predicted octanol–water partition coefficient (Wildman–Crippen LogP) is 4.30.